The van der Waals surface area contributed by atoms with Gasteiger partial charge in [-0.15, -0.1) is 0 Å². The Kier molecular flexibility index (Phi) is 5.60. The van der Waals surface area contributed by atoms with Crippen LogP contribution in [0.1, 0.15) is 35.4 Å². The number of benzene rings is 2. The van der Waals surface area contributed by atoms with Crippen molar-refractivity contribution in [3.63, 3.8) is 0 Å². The number of nitrogens with one attached hydrogen (secondary N) is 1. The minimum atomic E-state index is -0.554. The predicted molar refractivity (Wildman–Crippen MR) is 126 cm³/mol. The highest BCUT2D eigenvalue weighted by Gasteiger charge is 2.22. The van der Waals surface area contributed by atoms with Gasteiger partial charge in [-0.1, -0.05) is 66.7 Å². The Morgan fingerprint density at radius 1 is 1.09 bits per heavy atom. The van der Waals surface area contributed by atoms with Crippen molar-refractivity contribution in [1.82, 2.24) is 14.5 Å². The van der Waals surface area contributed by atoms with Gasteiger partial charge in [-0.05, 0) is 29.2 Å². The van der Waals surface area contributed by atoms with Gasteiger partial charge in [0.2, 0.25) is 5.95 Å². The Bertz CT molecular complexity index is 1200. The van der Waals surface area contributed by atoms with Gasteiger partial charge in [0.15, 0.2) is 0 Å². The van der Waals surface area contributed by atoms with Crippen molar-refractivity contribution in [1.29, 1.82) is 0 Å². The van der Waals surface area contributed by atoms with Crippen molar-refractivity contribution >= 4 is 11.5 Å². The van der Waals surface area contributed by atoms with Crippen LogP contribution >= 0.6 is 0 Å². The highest BCUT2D eigenvalue weighted by atomic mass is 16.3. The third kappa shape index (κ3) is 4.22. The molecule has 3 aromatic rings. The van der Waals surface area contributed by atoms with Crippen LogP contribution in [0.3, 0.4) is 0 Å². The van der Waals surface area contributed by atoms with E-state index in [1.807, 2.05) is 66.9 Å². The summed E-state index contributed by atoms with van der Waals surface area (Å²) in [6.07, 6.45) is 6.26. The molecule has 5 rings (SSSR count). The van der Waals surface area contributed by atoms with E-state index in [-0.39, 0.29) is 11.6 Å². The van der Waals surface area contributed by atoms with Crippen LogP contribution < -0.4 is 10.9 Å². The molecule has 6 nitrogen and oxygen atoms in total. The van der Waals surface area contributed by atoms with E-state index in [1.165, 1.54) is 5.56 Å². The standard InChI is InChI=1S/C26H26N4O2/c31-24(21-9-5-2-6-10-21)18-29-14-11-20(12-15-29)23-17-25(32)30-16-13-22(27-26(30)28-23)19-7-3-1-4-8-19/h1-12,14,17,22,24,31H,13,15-16,18H2,(H,27,28)/t22?,24-/m1/s1. The number of hydrogen-bond donors (Lipinski definition) is 2. The monoisotopic (exact) mass is 426 g/mol. The molecule has 0 radical (unpaired) electrons. The Morgan fingerprint density at radius 2 is 1.84 bits per heavy atom. The summed E-state index contributed by atoms with van der Waals surface area (Å²) < 4.78 is 1.71. The van der Waals surface area contributed by atoms with E-state index < -0.39 is 6.10 Å². The first kappa shape index (κ1) is 20.3. The molecule has 3 heterocycles. The first-order chi connectivity index (χ1) is 15.7. The first-order valence-corrected chi connectivity index (χ1v) is 11.0. The maximum absolute atomic E-state index is 12.7. The number of aliphatic hydroxyl groups is 1. The molecule has 0 saturated carbocycles. The Labute approximate surface area is 187 Å². The summed E-state index contributed by atoms with van der Waals surface area (Å²) >= 11 is 0. The predicted octanol–water partition coefficient (Wildman–Crippen LogP) is 3.75. The van der Waals surface area contributed by atoms with Crippen molar-refractivity contribution in [2.45, 2.75) is 25.1 Å². The second kappa shape index (κ2) is 8.85. The lowest BCUT2D eigenvalue weighted by Gasteiger charge is -2.28. The van der Waals surface area contributed by atoms with Crippen LogP contribution in [0.5, 0.6) is 0 Å². The molecular formula is C26H26N4O2. The van der Waals surface area contributed by atoms with Crippen LogP contribution in [0.15, 0.2) is 89.9 Å². The number of fused-ring (bicyclic) bond motifs is 1. The zero-order valence-corrected chi connectivity index (χ0v) is 17.8. The number of β-amino-alcohol motifs (C(OH)–C–C–N with tert-alkyl or cyclic N) is 1. The van der Waals surface area contributed by atoms with E-state index >= 15 is 0 Å². The number of nitrogens with zero attached hydrogens (tertiary/aromatic N) is 3. The number of aromatic nitrogens is 2. The van der Waals surface area contributed by atoms with Gasteiger partial charge in [-0.25, -0.2) is 4.98 Å². The fourth-order valence-electron chi connectivity index (χ4n) is 4.26. The van der Waals surface area contributed by atoms with Gasteiger partial charge in [-0.2, -0.15) is 0 Å². The van der Waals surface area contributed by atoms with Crippen LogP contribution in [0, 0.1) is 0 Å². The smallest absolute Gasteiger partial charge is 0.255 e. The Balaban J connectivity index is 1.31. The second-order valence-electron chi connectivity index (χ2n) is 8.21. The van der Waals surface area contributed by atoms with E-state index in [1.54, 1.807) is 10.6 Å². The molecule has 0 saturated heterocycles. The molecule has 2 aromatic carbocycles. The quantitative estimate of drug-likeness (QED) is 0.650. The van der Waals surface area contributed by atoms with Crippen molar-refractivity contribution < 1.29 is 5.11 Å². The molecule has 2 aliphatic heterocycles. The summed E-state index contributed by atoms with van der Waals surface area (Å²) in [4.78, 5) is 19.5. The minimum absolute atomic E-state index is 0.0414. The molecule has 162 valence electrons. The number of hydrogen-bond acceptors (Lipinski definition) is 5. The van der Waals surface area contributed by atoms with Crippen molar-refractivity contribution in [2.24, 2.45) is 0 Å². The second-order valence-corrected chi connectivity index (χ2v) is 8.21. The fourth-order valence-corrected chi connectivity index (χ4v) is 4.26. The van der Waals surface area contributed by atoms with Gasteiger partial charge in [0.1, 0.15) is 0 Å². The zero-order valence-electron chi connectivity index (χ0n) is 17.8. The lowest BCUT2D eigenvalue weighted by molar-refractivity contribution is 0.140. The van der Waals surface area contributed by atoms with Crippen LogP contribution in [-0.2, 0) is 6.54 Å². The molecule has 2 aliphatic rings. The third-order valence-electron chi connectivity index (χ3n) is 6.05. The molecule has 32 heavy (non-hydrogen) atoms. The summed E-state index contributed by atoms with van der Waals surface area (Å²) in [5.41, 5.74) is 3.64. The van der Waals surface area contributed by atoms with E-state index in [9.17, 15) is 9.90 Å². The fraction of sp³-hybridized carbons (Fsp3) is 0.231. The molecular weight excluding hydrogens is 400 g/mol. The average molecular weight is 427 g/mol. The maximum Gasteiger partial charge on any atom is 0.255 e. The van der Waals surface area contributed by atoms with Gasteiger partial charge in [-0.3, -0.25) is 9.36 Å². The van der Waals surface area contributed by atoms with Gasteiger partial charge >= 0.3 is 0 Å². The summed E-state index contributed by atoms with van der Waals surface area (Å²) in [5.74, 6) is 0.615. The largest absolute Gasteiger partial charge is 0.387 e. The van der Waals surface area contributed by atoms with Crippen LogP contribution in [0.2, 0.25) is 0 Å². The maximum atomic E-state index is 12.7. The summed E-state index contributed by atoms with van der Waals surface area (Å²) in [7, 11) is 0. The lowest BCUT2D eigenvalue weighted by atomic mass is 10.0. The molecule has 2 N–H and O–H groups in total. The van der Waals surface area contributed by atoms with Gasteiger partial charge < -0.3 is 15.3 Å². The number of aliphatic hydroxyl groups excluding tert-OH is 1. The molecule has 2 atom stereocenters. The van der Waals surface area contributed by atoms with E-state index in [0.29, 0.717) is 31.3 Å². The molecule has 1 aromatic heterocycles. The number of anilines is 1. The molecule has 0 aliphatic carbocycles. The van der Waals surface area contributed by atoms with Gasteiger partial charge in [0.05, 0.1) is 17.8 Å². The number of allylic oxidation sites excluding steroid dienone is 2. The van der Waals surface area contributed by atoms with Gasteiger partial charge in [0.25, 0.3) is 5.56 Å². The Hall–Kier alpha value is -3.64. The molecule has 0 bridgehead atoms. The molecule has 6 heteroatoms. The summed E-state index contributed by atoms with van der Waals surface area (Å²) in [6.45, 7) is 1.80. The van der Waals surface area contributed by atoms with E-state index in [0.717, 1.165) is 17.6 Å². The van der Waals surface area contributed by atoms with Crippen molar-refractivity contribution in [3.05, 3.63) is 112 Å². The highest BCUT2D eigenvalue weighted by Crippen LogP contribution is 2.28. The third-order valence-corrected chi connectivity index (χ3v) is 6.05. The molecule has 0 amide bonds. The Morgan fingerprint density at radius 3 is 2.56 bits per heavy atom. The van der Waals surface area contributed by atoms with E-state index in [4.69, 9.17) is 4.98 Å². The van der Waals surface area contributed by atoms with Crippen LogP contribution in [0.4, 0.5) is 5.95 Å². The first-order valence-electron chi connectivity index (χ1n) is 11.0. The average Bonchev–Trinajstić information content (AvgIpc) is 2.85. The minimum Gasteiger partial charge on any atom is -0.387 e. The SMILES string of the molecule is O=c1cc(C2=CCN(C[C@@H](O)c3ccccc3)C=C2)nc2n1CCC(c1ccccc1)N2. The summed E-state index contributed by atoms with van der Waals surface area (Å²) in [6, 6.07) is 21.7. The van der Waals surface area contributed by atoms with Crippen LogP contribution in [0.25, 0.3) is 5.57 Å². The van der Waals surface area contributed by atoms with Crippen molar-refractivity contribution in [2.75, 3.05) is 18.4 Å². The normalized spacial score (nSPS) is 18.5. The van der Waals surface area contributed by atoms with Crippen molar-refractivity contribution in [3.8, 4) is 0 Å². The lowest BCUT2D eigenvalue weighted by Crippen LogP contribution is -2.32. The van der Waals surface area contributed by atoms with Gasteiger partial charge in [0, 0.05) is 31.9 Å². The molecule has 0 fully saturated rings. The topological polar surface area (TPSA) is 70.4 Å². The molecule has 1 unspecified atom stereocenters. The zero-order chi connectivity index (χ0) is 21.9. The number of rotatable bonds is 5. The highest BCUT2D eigenvalue weighted by molar-refractivity contribution is 5.73. The van der Waals surface area contributed by atoms with Crippen LogP contribution in [-0.4, -0.2) is 32.6 Å². The molecule has 0 spiro atoms. The summed E-state index contributed by atoms with van der Waals surface area (Å²) in [5, 5.41) is 13.9. The van der Waals surface area contributed by atoms with E-state index in [2.05, 4.69) is 22.3 Å².